The Morgan fingerprint density at radius 3 is 2.11 bits per heavy atom. The molecule has 5 atom stereocenters. The van der Waals surface area contributed by atoms with Crippen LogP contribution < -0.4 is 4.74 Å². The van der Waals surface area contributed by atoms with Crippen LogP contribution in [0.3, 0.4) is 0 Å². The van der Waals surface area contributed by atoms with E-state index in [9.17, 15) is 9.59 Å². The fourth-order valence-electron chi connectivity index (χ4n) is 7.32. The van der Waals surface area contributed by atoms with Crippen LogP contribution in [0.25, 0.3) is 21.5 Å². The molecule has 0 saturated carbocycles. The predicted octanol–water partition coefficient (Wildman–Crippen LogP) is 12.2. The highest BCUT2D eigenvalue weighted by Crippen LogP contribution is 2.40. The number of esters is 2. The Morgan fingerprint density at radius 2 is 1.38 bits per heavy atom. The molecule has 0 radical (unpaired) electrons. The number of hydrogen-bond acceptors (Lipinski definition) is 5. The number of phenolic OH excluding ortho intramolecular Hbond substituents is 1. The molecule has 0 fully saturated rings. The smallest absolute Gasteiger partial charge is 0.339 e. The maximum Gasteiger partial charge on any atom is 0.339 e. The maximum atomic E-state index is 13.2. The fourth-order valence-corrected chi connectivity index (χ4v) is 7.32. The van der Waals surface area contributed by atoms with Crippen molar-refractivity contribution in [3.05, 3.63) is 155 Å². The Balaban J connectivity index is 0.000000165. The fraction of sp³-hybridized carbons (Fsp3) is 0.292. The molecule has 272 valence electrons. The summed E-state index contributed by atoms with van der Waals surface area (Å²) in [6.07, 6.45) is 2.73. The largest absolute Gasteiger partial charge is 0.508 e. The molecule has 1 N–H and O–H groups in total. The van der Waals surface area contributed by atoms with Crippen LogP contribution >= 0.6 is 0 Å². The van der Waals surface area contributed by atoms with Crippen molar-refractivity contribution in [1.29, 1.82) is 0 Å². The minimum atomic E-state index is -0.244. The molecule has 1 aliphatic heterocycles. The predicted molar refractivity (Wildman–Crippen MR) is 215 cm³/mol. The molecule has 8 rings (SSSR count). The topological polar surface area (TPSA) is 72.8 Å². The second-order valence-corrected chi connectivity index (χ2v) is 14.5. The summed E-state index contributed by atoms with van der Waals surface area (Å²) >= 11 is 0. The summed E-state index contributed by atoms with van der Waals surface area (Å²) in [7, 11) is 0. The first kappa shape index (κ1) is 37.3. The van der Waals surface area contributed by atoms with Crippen LogP contribution in [-0.4, -0.2) is 17.0 Å². The van der Waals surface area contributed by atoms with E-state index in [1.807, 2.05) is 73.7 Å². The van der Waals surface area contributed by atoms with Crippen molar-refractivity contribution in [2.45, 2.75) is 84.7 Å². The average Bonchev–Trinajstić information content (AvgIpc) is 3.54. The highest BCUT2D eigenvalue weighted by molar-refractivity contribution is 6.05. The van der Waals surface area contributed by atoms with E-state index >= 15 is 0 Å². The lowest BCUT2D eigenvalue weighted by atomic mass is 9.86. The number of para-hydroxylation sites is 1. The molecule has 0 saturated heterocycles. The normalized spacial score (nSPS) is 18.1. The molecule has 6 aromatic carbocycles. The van der Waals surface area contributed by atoms with E-state index in [1.165, 1.54) is 27.5 Å². The zero-order chi connectivity index (χ0) is 37.6. The Hall–Kier alpha value is -5.42. The third kappa shape index (κ3) is 8.00. The van der Waals surface area contributed by atoms with E-state index in [0.717, 1.165) is 46.9 Å². The molecule has 0 amide bonds. The van der Waals surface area contributed by atoms with Gasteiger partial charge in [0, 0.05) is 12.0 Å². The molecule has 5 unspecified atom stereocenters. The number of carbonyl (C=O) groups excluding carboxylic acids is 2. The lowest BCUT2D eigenvalue weighted by Crippen LogP contribution is -2.27. The van der Waals surface area contributed by atoms with E-state index in [0.29, 0.717) is 23.1 Å². The third-order valence-corrected chi connectivity index (χ3v) is 11.2. The van der Waals surface area contributed by atoms with Crippen LogP contribution in [0, 0.1) is 5.92 Å². The first-order chi connectivity index (χ1) is 25.6. The van der Waals surface area contributed by atoms with Crippen molar-refractivity contribution >= 4 is 33.5 Å². The maximum absolute atomic E-state index is 13.2. The van der Waals surface area contributed by atoms with Crippen molar-refractivity contribution in [3.63, 3.8) is 0 Å². The van der Waals surface area contributed by atoms with Gasteiger partial charge in [0.1, 0.15) is 17.6 Å². The van der Waals surface area contributed by atoms with E-state index < -0.39 is 0 Å². The summed E-state index contributed by atoms with van der Waals surface area (Å²) in [6, 6.07) is 39.9. The summed E-state index contributed by atoms with van der Waals surface area (Å²) in [6.45, 7) is 12.7. The quantitative estimate of drug-likeness (QED) is 0.138. The Labute approximate surface area is 313 Å². The Bertz CT molecular complexity index is 2210. The van der Waals surface area contributed by atoms with Gasteiger partial charge in [0.25, 0.3) is 0 Å². The van der Waals surface area contributed by atoms with E-state index in [4.69, 9.17) is 14.6 Å². The van der Waals surface area contributed by atoms with Crippen molar-refractivity contribution < 1.29 is 24.2 Å². The summed E-state index contributed by atoms with van der Waals surface area (Å²) < 4.78 is 11.2. The molecule has 53 heavy (non-hydrogen) atoms. The molecule has 0 bridgehead atoms. The molecule has 0 spiro atoms. The Kier molecular flexibility index (Phi) is 11.6. The number of fused-ring (bicyclic) bond motifs is 2. The van der Waals surface area contributed by atoms with Crippen LogP contribution in [0.4, 0.5) is 0 Å². The van der Waals surface area contributed by atoms with E-state index in [-0.39, 0.29) is 29.9 Å². The first-order valence-corrected chi connectivity index (χ1v) is 18.9. The lowest BCUT2D eigenvalue weighted by Gasteiger charge is -2.26. The number of aromatic hydroxyl groups is 1. The monoisotopic (exact) mass is 706 g/mol. The van der Waals surface area contributed by atoms with Crippen molar-refractivity contribution in [1.82, 2.24) is 0 Å². The number of carbonyl (C=O) groups is 2. The highest BCUT2D eigenvalue weighted by Gasteiger charge is 2.31. The van der Waals surface area contributed by atoms with Crippen LogP contribution in [-0.2, 0) is 16.0 Å². The molecule has 0 aromatic heterocycles. The van der Waals surface area contributed by atoms with Gasteiger partial charge in [-0.3, -0.25) is 4.79 Å². The third-order valence-electron chi connectivity index (χ3n) is 11.2. The number of ether oxygens (including phenoxy) is 2. The molecular weight excluding hydrogens is 657 g/mol. The van der Waals surface area contributed by atoms with Crippen LogP contribution in [0.15, 0.2) is 121 Å². The number of benzene rings is 6. The van der Waals surface area contributed by atoms with Crippen molar-refractivity contribution in [2.24, 2.45) is 5.92 Å². The summed E-state index contributed by atoms with van der Waals surface area (Å²) in [5.74, 6) is 1.97. The molecule has 1 heterocycles. The summed E-state index contributed by atoms with van der Waals surface area (Å²) in [5.41, 5.74) is 6.74. The van der Waals surface area contributed by atoms with Gasteiger partial charge in [-0.05, 0) is 98.7 Å². The average molecular weight is 707 g/mol. The first-order valence-electron chi connectivity index (χ1n) is 18.9. The number of phenols is 1. The molecule has 5 heteroatoms. The molecule has 2 aliphatic rings. The molecule has 5 nitrogen and oxygen atoms in total. The molecular formula is C48H50O5. The van der Waals surface area contributed by atoms with Gasteiger partial charge in [0.2, 0.25) is 0 Å². The SMILES string of the molecule is CC1C(=O)Oc2ccccc2C1C.CCC(C)c1ccc(O)cc1.CCC(C)c1cccc2c(C(=O)OC3Cc4cccc5cccc3c45)cccc12. The zero-order valence-corrected chi connectivity index (χ0v) is 31.6. The van der Waals surface area contributed by atoms with Gasteiger partial charge in [-0.2, -0.15) is 0 Å². The highest BCUT2D eigenvalue weighted by atomic mass is 16.5. The van der Waals surface area contributed by atoms with Gasteiger partial charge in [0.05, 0.1) is 11.5 Å². The summed E-state index contributed by atoms with van der Waals surface area (Å²) in [5, 5.41) is 13.6. The lowest BCUT2D eigenvalue weighted by molar-refractivity contribution is -0.140. The summed E-state index contributed by atoms with van der Waals surface area (Å²) in [4.78, 5) is 24.6. The van der Waals surface area contributed by atoms with E-state index in [2.05, 4.69) is 77.1 Å². The second-order valence-electron chi connectivity index (χ2n) is 14.5. The minimum Gasteiger partial charge on any atom is -0.508 e. The van der Waals surface area contributed by atoms with Gasteiger partial charge in [0.15, 0.2) is 0 Å². The standard InChI is InChI=1S/C27H24O2.C11H12O2.C10H14O/c1-3-17(2)20-11-6-13-22-21(20)12-7-14-23(22)27(28)29-25-16-19-10-4-8-18-9-5-15-24(25)26(18)19;1-7-8(2)11(12)13-10-6-4-3-5-9(7)10;1-3-8(2)9-4-6-10(11)7-5-9/h4-15,17,25H,3,16H2,1-2H3;3-8H,1-2H3;4-8,11H,3H2,1-2H3. The number of hydrogen-bond donors (Lipinski definition) is 1. The minimum absolute atomic E-state index is 0.0325. The van der Waals surface area contributed by atoms with Crippen molar-refractivity contribution in [3.8, 4) is 11.5 Å². The van der Waals surface area contributed by atoms with Crippen LogP contribution in [0.5, 0.6) is 11.5 Å². The second kappa shape index (κ2) is 16.5. The number of rotatable bonds is 6. The van der Waals surface area contributed by atoms with Crippen LogP contribution in [0.2, 0.25) is 0 Å². The van der Waals surface area contributed by atoms with Gasteiger partial charge in [-0.1, -0.05) is 139 Å². The van der Waals surface area contributed by atoms with Gasteiger partial charge in [-0.25, -0.2) is 4.79 Å². The van der Waals surface area contributed by atoms with Gasteiger partial charge >= 0.3 is 11.9 Å². The van der Waals surface area contributed by atoms with Crippen LogP contribution in [0.1, 0.15) is 116 Å². The molecule has 1 aliphatic carbocycles. The Morgan fingerprint density at radius 1 is 0.736 bits per heavy atom. The van der Waals surface area contributed by atoms with Crippen molar-refractivity contribution in [2.75, 3.05) is 0 Å². The van der Waals surface area contributed by atoms with Gasteiger partial charge < -0.3 is 14.6 Å². The van der Waals surface area contributed by atoms with Gasteiger partial charge in [-0.15, -0.1) is 0 Å². The zero-order valence-electron chi connectivity index (χ0n) is 31.6. The molecule has 6 aromatic rings. The van der Waals surface area contributed by atoms with E-state index in [1.54, 1.807) is 12.1 Å².